The van der Waals surface area contributed by atoms with E-state index in [-0.39, 0.29) is 11.5 Å². The summed E-state index contributed by atoms with van der Waals surface area (Å²) < 4.78 is 39.7. The van der Waals surface area contributed by atoms with Crippen LogP contribution in [0.2, 0.25) is 0 Å². The van der Waals surface area contributed by atoms with Gasteiger partial charge in [-0.05, 0) is 81.0 Å². The smallest absolute Gasteiger partial charge is 0.399 e. The SMILES string of the molecule is CC(=O)c1cc2c(NC(C)c3cc(N)cc(C(F)(F)F)c3)nc(C)nc2c2c1CCC2. The molecule has 8 heteroatoms. The minimum atomic E-state index is -4.49. The Balaban J connectivity index is 1.81. The molecule has 1 unspecified atom stereocenters. The molecule has 4 rings (SSSR count). The van der Waals surface area contributed by atoms with Gasteiger partial charge in [-0.25, -0.2) is 9.97 Å². The van der Waals surface area contributed by atoms with E-state index in [9.17, 15) is 18.0 Å². The molecule has 0 amide bonds. The molecule has 31 heavy (non-hydrogen) atoms. The van der Waals surface area contributed by atoms with Crippen molar-refractivity contribution < 1.29 is 18.0 Å². The highest BCUT2D eigenvalue weighted by Gasteiger charge is 2.31. The van der Waals surface area contributed by atoms with E-state index in [2.05, 4.69) is 15.3 Å². The summed E-state index contributed by atoms with van der Waals surface area (Å²) in [5, 5.41) is 3.92. The summed E-state index contributed by atoms with van der Waals surface area (Å²) >= 11 is 0. The van der Waals surface area contributed by atoms with E-state index in [1.165, 1.54) is 13.0 Å². The number of Topliss-reactive ketones (excluding diaryl/α,β-unsaturated/α-hetero) is 1. The van der Waals surface area contributed by atoms with Gasteiger partial charge in [-0.1, -0.05) is 0 Å². The van der Waals surface area contributed by atoms with Crippen molar-refractivity contribution >= 4 is 28.2 Å². The van der Waals surface area contributed by atoms with Crippen molar-refractivity contribution in [2.75, 3.05) is 11.1 Å². The molecular weight excluding hydrogens is 405 g/mol. The van der Waals surface area contributed by atoms with Gasteiger partial charge in [-0.2, -0.15) is 13.2 Å². The van der Waals surface area contributed by atoms with Crippen LogP contribution in [0.3, 0.4) is 0 Å². The molecule has 5 nitrogen and oxygen atoms in total. The first kappa shape index (κ1) is 21.1. The first-order chi connectivity index (χ1) is 14.5. The molecule has 0 saturated carbocycles. The fourth-order valence-electron chi connectivity index (χ4n) is 4.28. The number of halogens is 3. The molecular formula is C23H23F3N4O. The third-order valence-corrected chi connectivity index (χ3v) is 5.71. The van der Waals surface area contributed by atoms with Gasteiger partial charge >= 0.3 is 6.18 Å². The summed E-state index contributed by atoms with van der Waals surface area (Å²) in [7, 11) is 0. The molecule has 1 aromatic heterocycles. The zero-order chi connectivity index (χ0) is 22.5. The molecule has 1 atom stereocenters. The molecule has 1 heterocycles. The van der Waals surface area contributed by atoms with E-state index in [0.29, 0.717) is 28.2 Å². The van der Waals surface area contributed by atoms with Crippen LogP contribution in [0.1, 0.15) is 64.7 Å². The molecule has 3 aromatic rings. The number of aryl methyl sites for hydroxylation is 2. The number of hydrogen-bond acceptors (Lipinski definition) is 5. The fourth-order valence-corrected chi connectivity index (χ4v) is 4.28. The molecule has 2 aromatic carbocycles. The lowest BCUT2D eigenvalue weighted by Crippen LogP contribution is -2.13. The number of alkyl halides is 3. The number of nitrogens with one attached hydrogen (secondary N) is 1. The van der Waals surface area contributed by atoms with E-state index >= 15 is 0 Å². The summed E-state index contributed by atoms with van der Waals surface area (Å²) in [4.78, 5) is 21.4. The van der Waals surface area contributed by atoms with Gasteiger partial charge in [0.05, 0.1) is 17.1 Å². The Kier molecular flexibility index (Phi) is 5.11. The van der Waals surface area contributed by atoms with E-state index in [4.69, 9.17) is 5.73 Å². The molecule has 0 bridgehead atoms. The number of nitrogen functional groups attached to an aromatic ring is 1. The maximum absolute atomic E-state index is 13.2. The lowest BCUT2D eigenvalue weighted by Gasteiger charge is -2.20. The molecule has 1 aliphatic carbocycles. The molecule has 0 saturated heterocycles. The Hall–Kier alpha value is -3.16. The third kappa shape index (κ3) is 3.94. The van der Waals surface area contributed by atoms with E-state index < -0.39 is 17.8 Å². The summed E-state index contributed by atoms with van der Waals surface area (Å²) in [5.74, 6) is 1.02. The highest BCUT2D eigenvalue weighted by molar-refractivity contribution is 6.03. The van der Waals surface area contributed by atoms with Crippen molar-refractivity contribution in [3.8, 4) is 0 Å². The molecule has 162 valence electrons. The number of benzene rings is 2. The summed E-state index contributed by atoms with van der Waals surface area (Å²) in [6, 6.07) is 4.82. The minimum Gasteiger partial charge on any atom is -0.399 e. The van der Waals surface area contributed by atoms with Gasteiger partial charge in [0.25, 0.3) is 0 Å². The van der Waals surface area contributed by atoms with Gasteiger partial charge in [0.1, 0.15) is 11.6 Å². The van der Waals surface area contributed by atoms with Crippen LogP contribution in [0.25, 0.3) is 10.9 Å². The summed E-state index contributed by atoms with van der Waals surface area (Å²) in [6.45, 7) is 5.06. The van der Waals surface area contributed by atoms with Gasteiger partial charge in [0, 0.05) is 16.6 Å². The Morgan fingerprint density at radius 2 is 1.84 bits per heavy atom. The lowest BCUT2D eigenvalue weighted by atomic mass is 9.96. The number of ketones is 1. The predicted molar refractivity (Wildman–Crippen MR) is 114 cm³/mol. The van der Waals surface area contributed by atoms with Crippen LogP contribution in [0, 0.1) is 6.92 Å². The van der Waals surface area contributed by atoms with E-state index in [1.807, 2.05) is 0 Å². The zero-order valence-corrected chi connectivity index (χ0v) is 17.5. The van der Waals surface area contributed by atoms with Crippen molar-refractivity contribution in [1.29, 1.82) is 0 Å². The van der Waals surface area contributed by atoms with Crippen LogP contribution >= 0.6 is 0 Å². The normalized spacial score (nSPS) is 14.5. The average molecular weight is 428 g/mol. The van der Waals surface area contributed by atoms with Crippen LogP contribution in [0.5, 0.6) is 0 Å². The van der Waals surface area contributed by atoms with E-state index in [1.54, 1.807) is 19.9 Å². The molecule has 3 N–H and O–H groups in total. The molecule has 0 aliphatic heterocycles. The first-order valence-electron chi connectivity index (χ1n) is 10.1. The van der Waals surface area contributed by atoms with E-state index in [0.717, 1.165) is 48.0 Å². The Labute approximate surface area is 177 Å². The van der Waals surface area contributed by atoms with Crippen molar-refractivity contribution in [3.63, 3.8) is 0 Å². The highest BCUT2D eigenvalue weighted by Crippen LogP contribution is 2.37. The second kappa shape index (κ2) is 7.51. The summed E-state index contributed by atoms with van der Waals surface area (Å²) in [5.41, 5.74) is 8.92. The summed E-state index contributed by atoms with van der Waals surface area (Å²) in [6.07, 6.45) is -1.85. The molecule has 0 spiro atoms. The molecule has 1 aliphatic rings. The number of anilines is 2. The largest absolute Gasteiger partial charge is 0.416 e. The zero-order valence-electron chi connectivity index (χ0n) is 17.5. The number of nitrogens with zero attached hydrogens (tertiary/aromatic N) is 2. The quantitative estimate of drug-likeness (QED) is 0.429. The topological polar surface area (TPSA) is 80.9 Å². The number of hydrogen-bond donors (Lipinski definition) is 2. The van der Waals surface area contributed by atoms with Crippen molar-refractivity contribution in [2.45, 2.75) is 52.3 Å². The van der Waals surface area contributed by atoms with Crippen LogP contribution in [0.4, 0.5) is 24.7 Å². The standard InChI is InChI=1S/C23H23F3N4O/c1-11(14-7-15(23(24,25)26)9-16(27)8-14)28-22-20-10-19(12(2)31)17-5-4-6-18(17)21(20)29-13(3)30-22/h7-11H,4-6,27H2,1-3H3,(H,28,29,30). The lowest BCUT2D eigenvalue weighted by molar-refractivity contribution is -0.137. The van der Waals surface area contributed by atoms with Crippen LogP contribution < -0.4 is 11.1 Å². The number of fused-ring (bicyclic) bond motifs is 3. The number of aromatic nitrogens is 2. The Morgan fingerprint density at radius 3 is 2.52 bits per heavy atom. The highest BCUT2D eigenvalue weighted by atomic mass is 19.4. The van der Waals surface area contributed by atoms with Gasteiger partial charge < -0.3 is 11.1 Å². The molecule has 0 radical (unpaired) electrons. The van der Waals surface area contributed by atoms with Gasteiger partial charge in [-0.15, -0.1) is 0 Å². The van der Waals surface area contributed by atoms with Crippen LogP contribution in [0.15, 0.2) is 24.3 Å². The number of nitrogens with two attached hydrogens (primary N) is 1. The second-order valence-electron chi connectivity index (χ2n) is 8.06. The van der Waals surface area contributed by atoms with Crippen molar-refractivity contribution in [3.05, 3.63) is 57.9 Å². The van der Waals surface area contributed by atoms with Gasteiger partial charge in [-0.3, -0.25) is 4.79 Å². The third-order valence-electron chi connectivity index (χ3n) is 5.71. The first-order valence-corrected chi connectivity index (χ1v) is 10.1. The second-order valence-corrected chi connectivity index (χ2v) is 8.06. The van der Waals surface area contributed by atoms with Crippen molar-refractivity contribution in [1.82, 2.24) is 9.97 Å². The number of carbonyl (C=O) groups excluding carboxylic acids is 1. The maximum atomic E-state index is 13.2. The van der Waals surface area contributed by atoms with Crippen molar-refractivity contribution in [2.24, 2.45) is 0 Å². The Morgan fingerprint density at radius 1 is 1.13 bits per heavy atom. The van der Waals surface area contributed by atoms with Crippen LogP contribution in [-0.2, 0) is 19.0 Å². The maximum Gasteiger partial charge on any atom is 0.416 e. The number of carbonyl (C=O) groups is 1. The Bertz CT molecular complexity index is 1200. The minimum absolute atomic E-state index is 0.0229. The monoisotopic (exact) mass is 428 g/mol. The van der Waals surface area contributed by atoms with Gasteiger partial charge in [0.15, 0.2) is 5.78 Å². The average Bonchev–Trinajstić information content (AvgIpc) is 3.16. The fraction of sp³-hybridized carbons (Fsp3) is 0.348. The van der Waals surface area contributed by atoms with Gasteiger partial charge in [0.2, 0.25) is 0 Å². The number of rotatable bonds is 4. The van der Waals surface area contributed by atoms with Crippen LogP contribution in [-0.4, -0.2) is 15.8 Å². The predicted octanol–water partition coefficient (Wildman–Crippen LogP) is 5.40. The molecule has 0 fully saturated rings.